The fourth-order valence-electron chi connectivity index (χ4n) is 3.23. The zero-order valence-electron chi connectivity index (χ0n) is 17.5. The highest BCUT2D eigenvalue weighted by atomic mass is 19.1. The molecule has 0 atom stereocenters. The molecule has 1 aromatic heterocycles. The minimum Gasteiger partial charge on any atom is -0.382 e. The van der Waals surface area contributed by atoms with Gasteiger partial charge in [0.05, 0.1) is 0 Å². The Morgan fingerprint density at radius 1 is 1.31 bits per heavy atom. The molecule has 2 aromatic rings. The molecule has 0 radical (unpaired) electrons. The van der Waals surface area contributed by atoms with Crippen LogP contribution in [0.15, 0.2) is 29.3 Å². The number of nitrogens with one attached hydrogen (secondary N) is 2. The summed E-state index contributed by atoms with van der Waals surface area (Å²) < 4.78 is 21.0. The molecule has 158 valence electrons. The van der Waals surface area contributed by atoms with Gasteiger partial charge in [-0.15, -0.1) is 10.2 Å². The number of ether oxygens (including phenoxy) is 1. The second-order valence-corrected chi connectivity index (χ2v) is 7.51. The van der Waals surface area contributed by atoms with Crippen LogP contribution >= 0.6 is 0 Å². The number of nitrogens with zero attached hydrogens (tertiary/aromatic N) is 4. The molecule has 0 spiro atoms. The predicted octanol–water partition coefficient (Wildman–Crippen LogP) is 2.46. The summed E-state index contributed by atoms with van der Waals surface area (Å²) in [6, 6.07) is 6.92. The number of hydrogen-bond acceptors (Lipinski definition) is 4. The zero-order valence-corrected chi connectivity index (χ0v) is 17.5. The molecular formula is C21H31FN6O. The van der Waals surface area contributed by atoms with Gasteiger partial charge in [-0.2, -0.15) is 0 Å². The molecule has 1 aliphatic rings. The van der Waals surface area contributed by atoms with E-state index in [1.165, 1.54) is 6.07 Å². The van der Waals surface area contributed by atoms with Crippen molar-refractivity contribution in [3.8, 4) is 0 Å². The van der Waals surface area contributed by atoms with Gasteiger partial charge in [0.25, 0.3) is 0 Å². The lowest BCUT2D eigenvalue weighted by Gasteiger charge is -2.19. The van der Waals surface area contributed by atoms with E-state index in [1.54, 1.807) is 12.1 Å². The molecule has 0 unspecified atom stereocenters. The lowest BCUT2D eigenvalue weighted by Crippen LogP contribution is -2.42. The first kappa shape index (κ1) is 21.2. The Kier molecular flexibility index (Phi) is 7.19. The van der Waals surface area contributed by atoms with Gasteiger partial charge in [-0.3, -0.25) is 0 Å². The SMILES string of the molecule is CCOCCCNC(=NCc1nnc(C)n1C)NCC1(c2cccc(F)c2)CC1. The van der Waals surface area contributed by atoms with Crippen LogP contribution < -0.4 is 10.6 Å². The van der Waals surface area contributed by atoms with Crippen molar-refractivity contribution in [2.75, 3.05) is 26.3 Å². The van der Waals surface area contributed by atoms with E-state index < -0.39 is 0 Å². The van der Waals surface area contributed by atoms with Crippen molar-refractivity contribution in [2.45, 2.75) is 45.1 Å². The normalized spacial score (nSPS) is 15.4. The number of halogens is 1. The van der Waals surface area contributed by atoms with E-state index in [1.807, 2.05) is 31.5 Å². The number of hydrogen-bond donors (Lipinski definition) is 2. The first-order valence-corrected chi connectivity index (χ1v) is 10.2. The van der Waals surface area contributed by atoms with Crippen molar-refractivity contribution in [2.24, 2.45) is 12.0 Å². The Balaban J connectivity index is 1.62. The van der Waals surface area contributed by atoms with Gasteiger partial charge in [0, 0.05) is 38.8 Å². The Bertz CT molecular complexity index is 830. The predicted molar refractivity (Wildman–Crippen MR) is 111 cm³/mol. The summed E-state index contributed by atoms with van der Waals surface area (Å²) in [7, 11) is 1.94. The van der Waals surface area contributed by atoms with Gasteiger partial charge in [0.1, 0.15) is 18.2 Å². The van der Waals surface area contributed by atoms with Crippen molar-refractivity contribution in [3.05, 3.63) is 47.3 Å². The first-order valence-electron chi connectivity index (χ1n) is 10.2. The lowest BCUT2D eigenvalue weighted by atomic mass is 9.96. The van der Waals surface area contributed by atoms with E-state index >= 15 is 0 Å². The topological polar surface area (TPSA) is 76.4 Å². The van der Waals surface area contributed by atoms with Gasteiger partial charge in [0.15, 0.2) is 11.8 Å². The maximum atomic E-state index is 13.7. The minimum absolute atomic E-state index is 0.0166. The zero-order chi connectivity index (χ0) is 20.7. The van der Waals surface area contributed by atoms with E-state index in [2.05, 4.69) is 25.8 Å². The molecule has 0 aliphatic heterocycles. The third kappa shape index (κ3) is 5.76. The van der Waals surface area contributed by atoms with Crippen LogP contribution in [0.3, 0.4) is 0 Å². The molecule has 0 saturated heterocycles. The summed E-state index contributed by atoms with van der Waals surface area (Å²) in [4.78, 5) is 4.68. The first-order chi connectivity index (χ1) is 14.0. The highest BCUT2D eigenvalue weighted by Gasteiger charge is 2.44. The molecule has 8 heteroatoms. The number of guanidine groups is 1. The summed E-state index contributed by atoms with van der Waals surface area (Å²) in [5.74, 6) is 2.21. The van der Waals surface area contributed by atoms with Crippen molar-refractivity contribution in [3.63, 3.8) is 0 Å². The highest BCUT2D eigenvalue weighted by Crippen LogP contribution is 2.47. The molecule has 0 bridgehead atoms. The second-order valence-electron chi connectivity index (χ2n) is 7.51. The van der Waals surface area contributed by atoms with Gasteiger partial charge in [-0.1, -0.05) is 12.1 Å². The largest absolute Gasteiger partial charge is 0.382 e. The van der Waals surface area contributed by atoms with Crippen LogP contribution in [0.25, 0.3) is 0 Å². The van der Waals surface area contributed by atoms with Gasteiger partial charge in [-0.25, -0.2) is 9.38 Å². The fraction of sp³-hybridized carbons (Fsp3) is 0.571. The van der Waals surface area contributed by atoms with Crippen molar-refractivity contribution >= 4 is 5.96 Å². The summed E-state index contributed by atoms with van der Waals surface area (Å²) in [6.07, 6.45) is 2.99. The van der Waals surface area contributed by atoms with Gasteiger partial charge < -0.3 is 19.9 Å². The highest BCUT2D eigenvalue weighted by molar-refractivity contribution is 5.80. The third-order valence-corrected chi connectivity index (χ3v) is 5.41. The van der Waals surface area contributed by atoms with E-state index in [0.29, 0.717) is 19.7 Å². The Hall–Kier alpha value is -2.48. The lowest BCUT2D eigenvalue weighted by molar-refractivity contribution is 0.145. The minimum atomic E-state index is -0.186. The Morgan fingerprint density at radius 2 is 2.14 bits per heavy atom. The Morgan fingerprint density at radius 3 is 2.79 bits per heavy atom. The van der Waals surface area contributed by atoms with Gasteiger partial charge >= 0.3 is 0 Å². The van der Waals surface area contributed by atoms with Gasteiger partial charge in [0.2, 0.25) is 0 Å². The maximum Gasteiger partial charge on any atom is 0.191 e. The Labute approximate surface area is 171 Å². The molecule has 7 nitrogen and oxygen atoms in total. The van der Waals surface area contributed by atoms with E-state index in [0.717, 1.165) is 55.6 Å². The van der Waals surface area contributed by atoms with Crippen LogP contribution in [-0.2, 0) is 23.7 Å². The molecule has 1 saturated carbocycles. The molecule has 1 aromatic carbocycles. The number of aliphatic imine (C=N–C) groups is 1. The number of benzene rings is 1. The quantitative estimate of drug-likeness (QED) is 0.363. The van der Waals surface area contributed by atoms with Crippen LogP contribution in [0.2, 0.25) is 0 Å². The standard InChI is InChI=1S/C21H31FN6O/c1-4-29-12-6-11-23-20(24-14-19-27-26-16(2)28(19)3)25-15-21(9-10-21)17-7-5-8-18(22)13-17/h5,7-8,13H,4,6,9-12,14-15H2,1-3H3,(H2,23,24,25). The second kappa shape index (κ2) is 9.82. The summed E-state index contributed by atoms with van der Waals surface area (Å²) in [5, 5.41) is 15.1. The van der Waals surface area contributed by atoms with Gasteiger partial charge in [-0.05, 0) is 50.8 Å². The van der Waals surface area contributed by atoms with Crippen LogP contribution in [0.5, 0.6) is 0 Å². The average Bonchev–Trinajstić information content (AvgIpc) is 3.45. The fourth-order valence-corrected chi connectivity index (χ4v) is 3.23. The molecule has 1 fully saturated rings. The van der Waals surface area contributed by atoms with Crippen molar-refractivity contribution in [1.82, 2.24) is 25.4 Å². The van der Waals surface area contributed by atoms with E-state index in [-0.39, 0.29) is 11.2 Å². The van der Waals surface area contributed by atoms with Crippen LogP contribution in [0.1, 0.15) is 43.4 Å². The van der Waals surface area contributed by atoms with Crippen LogP contribution in [-0.4, -0.2) is 47.0 Å². The van der Waals surface area contributed by atoms with Crippen LogP contribution in [0, 0.1) is 12.7 Å². The summed E-state index contributed by atoms with van der Waals surface area (Å²) >= 11 is 0. The molecule has 1 heterocycles. The summed E-state index contributed by atoms with van der Waals surface area (Å²) in [5.41, 5.74) is 1.03. The van der Waals surface area contributed by atoms with Crippen LogP contribution in [0.4, 0.5) is 4.39 Å². The average molecular weight is 403 g/mol. The van der Waals surface area contributed by atoms with Crippen molar-refractivity contribution < 1.29 is 9.13 Å². The smallest absolute Gasteiger partial charge is 0.191 e. The number of rotatable bonds is 10. The molecule has 2 N–H and O–H groups in total. The molecule has 3 rings (SSSR count). The molecule has 29 heavy (non-hydrogen) atoms. The van der Waals surface area contributed by atoms with Crippen molar-refractivity contribution in [1.29, 1.82) is 0 Å². The molecule has 0 amide bonds. The molecular weight excluding hydrogens is 371 g/mol. The molecule has 1 aliphatic carbocycles. The number of aromatic nitrogens is 3. The number of aryl methyl sites for hydroxylation is 1. The van der Waals surface area contributed by atoms with E-state index in [4.69, 9.17) is 4.74 Å². The third-order valence-electron chi connectivity index (χ3n) is 5.41. The monoisotopic (exact) mass is 402 g/mol. The van der Waals surface area contributed by atoms with E-state index in [9.17, 15) is 4.39 Å². The summed E-state index contributed by atoms with van der Waals surface area (Å²) in [6.45, 7) is 7.26. The maximum absolute atomic E-state index is 13.7.